The van der Waals surface area contributed by atoms with E-state index in [1.165, 1.54) is 12.7 Å². The first kappa shape index (κ1) is 19.3. The van der Waals surface area contributed by atoms with Crippen molar-refractivity contribution in [1.82, 2.24) is 14.9 Å². The minimum atomic E-state index is -0.361. The van der Waals surface area contributed by atoms with E-state index < -0.39 is 0 Å². The van der Waals surface area contributed by atoms with Crippen molar-refractivity contribution >= 4 is 39.9 Å². The van der Waals surface area contributed by atoms with Crippen LogP contribution in [0.15, 0.2) is 63.3 Å². The number of nitrogens with zero attached hydrogens (tertiary/aromatic N) is 4. The maximum absolute atomic E-state index is 11.5. The van der Waals surface area contributed by atoms with E-state index in [0.717, 1.165) is 20.9 Å². The zero-order valence-corrected chi connectivity index (χ0v) is 17.2. The van der Waals surface area contributed by atoms with Gasteiger partial charge in [-0.25, -0.2) is 4.79 Å². The Bertz CT molecular complexity index is 953. The van der Waals surface area contributed by atoms with Gasteiger partial charge in [0, 0.05) is 10.2 Å². The van der Waals surface area contributed by atoms with Gasteiger partial charge in [-0.2, -0.15) is 9.78 Å². The largest absolute Gasteiger partial charge is 0.465 e. The molecule has 138 valence electrons. The number of aromatic nitrogens is 3. The maximum Gasteiger partial charge on any atom is 0.337 e. The monoisotopic (exact) mass is 444 g/mol. The lowest BCUT2D eigenvalue weighted by Crippen LogP contribution is -2.01. The Balaban J connectivity index is 1.71. The molecule has 0 aliphatic heterocycles. The fourth-order valence-corrected chi connectivity index (χ4v) is 3.39. The predicted octanol–water partition coefficient (Wildman–Crippen LogP) is 4.31. The van der Waals surface area contributed by atoms with Crippen molar-refractivity contribution in [1.29, 1.82) is 0 Å². The third kappa shape index (κ3) is 5.05. The molecule has 0 spiro atoms. The molecule has 0 N–H and O–H groups in total. The summed E-state index contributed by atoms with van der Waals surface area (Å²) < 4.78 is 7.46. The molecule has 0 atom stereocenters. The average molecular weight is 445 g/mol. The number of hydrogen-bond donors (Lipinski definition) is 0. The number of aryl methyl sites for hydroxylation is 1. The molecule has 0 saturated heterocycles. The molecule has 0 aliphatic carbocycles. The topological polar surface area (TPSA) is 69.4 Å². The third-order valence-electron chi connectivity index (χ3n) is 3.70. The summed E-state index contributed by atoms with van der Waals surface area (Å²) in [5, 5.41) is 13.5. The highest BCUT2D eigenvalue weighted by Gasteiger charge is 2.09. The smallest absolute Gasteiger partial charge is 0.337 e. The molecule has 1 heterocycles. The minimum absolute atomic E-state index is 0.361. The SMILES string of the molecule is COC(=O)c1ccc(/C=N\n2c(C)nnc2SCc2ccc(Br)cc2)cc1. The molecule has 0 unspecified atom stereocenters. The number of benzene rings is 2. The molecule has 6 nitrogen and oxygen atoms in total. The summed E-state index contributed by atoms with van der Waals surface area (Å²) in [4.78, 5) is 11.5. The number of carbonyl (C=O) groups excluding carboxylic acids is 1. The number of thioether (sulfide) groups is 1. The number of carbonyl (C=O) groups is 1. The van der Waals surface area contributed by atoms with Crippen LogP contribution in [0, 0.1) is 6.92 Å². The van der Waals surface area contributed by atoms with Crippen LogP contribution < -0.4 is 0 Å². The maximum atomic E-state index is 11.5. The van der Waals surface area contributed by atoms with Crippen LogP contribution in [-0.4, -0.2) is 34.2 Å². The zero-order chi connectivity index (χ0) is 19.2. The van der Waals surface area contributed by atoms with Gasteiger partial charge in [-0.05, 0) is 42.3 Å². The summed E-state index contributed by atoms with van der Waals surface area (Å²) in [6.45, 7) is 1.86. The van der Waals surface area contributed by atoms with Gasteiger partial charge in [0.15, 0.2) is 5.82 Å². The fraction of sp³-hybridized carbons (Fsp3) is 0.158. The first-order valence-corrected chi connectivity index (χ1v) is 9.86. The molecular formula is C19H17BrN4O2S. The highest BCUT2D eigenvalue weighted by Crippen LogP contribution is 2.22. The van der Waals surface area contributed by atoms with Crippen LogP contribution in [-0.2, 0) is 10.5 Å². The van der Waals surface area contributed by atoms with Crippen molar-refractivity contribution in [3.05, 3.63) is 75.5 Å². The number of hydrogen-bond acceptors (Lipinski definition) is 6. The number of halogens is 1. The summed E-state index contributed by atoms with van der Waals surface area (Å²) in [6, 6.07) is 15.2. The number of ether oxygens (including phenoxy) is 1. The normalized spacial score (nSPS) is 11.1. The lowest BCUT2D eigenvalue weighted by Gasteiger charge is -2.03. The van der Waals surface area contributed by atoms with Gasteiger partial charge < -0.3 is 4.74 Å². The minimum Gasteiger partial charge on any atom is -0.465 e. The Hall–Kier alpha value is -2.45. The average Bonchev–Trinajstić information content (AvgIpc) is 3.05. The summed E-state index contributed by atoms with van der Waals surface area (Å²) >= 11 is 5.01. The molecular weight excluding hydrogens is 428 g/mol. The Labute approximate surface area is 169 Å². The molecule has 0 bridgehead atoms. The predicted molar refractivity (Wildman–Crippen MR) is 109 cm³/mol. The highest BCUT2D eigenvalue weighted by molar-refractivity contribution is 9.10. The van der Waals surface area contributed by atoms with Crippen LogP contribution in [0.1, 0.15) is 27.3 Å². The Kier molecular flexibility index (Phi) is 6.41. The van der Waals surface area contributed by atoms with Crippen molar-refractivity contribution in [3.8, 4) is 0 Å². The Morgan fingerprint density at radius 3 is 2.56 bits per heavy atom. The van der Waals surface area contributed by atoms with Crippen LogP contribution in [0.3, 0.4) is 0 Å². The molecule has 0 aliphatic rings. The first-order valence-electron chi connectivity index (χ1n) is 8.09. The van der Waals surface area contributed by atoms with Crippen LogP contribution in [0.2, 0.25) is 0 Å². The van der Waals surface area contributed by atoms with Gasteiger partial charge in [-0.1, -0.05) is 52.0 Å². The van der Waals surface area contributed by atoms with E-state index in [1.807, 2.05) is 31.2 Å². The summed E-state index contributed by atoms with van der Waals surface area (Å²) in [7, 11) is 1.36. The van der Waals surface area contributed by atoms with E-state index in [-0.39, 0.29) is 5.97 Å². The summed E-state index contributed by atoms with van der Waals surface area (Å²) in [6.07, 6.45) is 1.71. The summed E-state index contributed by atoms with van der Waals surface area (Å²) in [5.41, 5.74) is 2.55. The van der Waals surface area contributed by atoms with Gasteiger partial charge in [0.25, 0.3) is 0 Å². The van der Waals surface area contributed by atoms with E-state index in [0.29, 0.717) is 11.4 Å². The van der Waals surface area contributed by atoms with Gasteiger partial charge in [0.2, 0.25) is 5.16 Å². The summed E-state index contributed by atoms with van der Waals surface area (Å²) in [5.74, 6) is 1.12. The number of methoxy groups -OCH3 is 1. The zero-order valence-electron chi connectivity index (χ0n) is 14.8. The van der Waals surface area contributed by atoms with Crippen molar-refractivity contribution in [2.45, 2.75) is 17.8 Å². The molecule has 0 fully saturated rings. The second-order valence-electron chi connectivity index (χ2n) is 5.61. The molecule has 0 radical (unpaired) electrons. The lowest BCUT2D eigenvalue weighted by atomic mass is 10.1. The quantitative estimate of drug-likeness (QED) is 0.321. The Morgan fingerprint density at radius 1 is 1.19 bits per heavy atom. The Morgan fingerprint density at radius 2 is 1.89 bits per heavy atom. The molecule has 1 aromatic heterocycles. The fourth-order valence-electron chi connectivity index (χ4n) is 2.24. The van der Waals surface area contributed by atoms with E-state index in [9.17, 15) is 4.79 Å². The van der Waals surface area contributed by atoms with Gasteiger partial charge in [0.1, 0.15) is 0 Å². The number of esters is 1. The van der Waals surface area contributed by atoms with Crippen molar-refractivity contribution in [3.63, 3.8) is 0 Å². The number of rotatable bonds is 6. The van der Waals surface area contributed by atoms with Crippen molar-refractivity contribution < 1.29 is 9.53 Å². The second kappa shape index (κ2) is 8.96. The molecule has 8 heteroatoms. The molecule has 27 heavy (non-hydrogen) atoms. The van der Waals surface area contributed by atoms with Crippen LogP contribution in [0.25, 0.3) is 0 Å². The van der Waals surface area contributed by atoms with E-state index in [1.54, 1.807) is 34.8 Å². The van der Waals surface area contributed by atoms with Crippen LogP contribution in [0.5, 0.6) is 0 Å². The highest BCUT2D eigenvalue weighted by atomic mass is 79.9. The lowest BCUT2D eigenvalue weighted by molar-refractivity contribution is 0.0600. The van der Waals surface area contributed by atoms with E-state index >= 15 is 0 Å². The van der Waals surface area contributed by atoms with E-state index in [2.05, 4.69) is 43.4 Å². The molecule has 0 saturated carbocycles. The van der Waals surface area contributed by atoms with Crippen LogP contribution in [0.4, 0.5) is 0 Å². The van der Waals surface area contributed by atoms with Gasteiger partial charge in [-0.3, -0.25) is 0 Å². The standard InChI is InChI=1S/C19H17BrN4O2S/c1-13-22-23-19(27-12-15-5-9-17(20)10-6-15)24(13)21-11-14-3-7-16(8-4-14)18(25)26-2/h3-11H,12H2,1-2H3/b21-11-. The molecule has 3 rings (SSSR count). The first-order chi connectivity index (χ1) is 13.1. The van der Waals surface area contributed by atoms with E-state index in [4.69, 9.17) is 4.74 Å². The molecule has 0 amide bonds. The van der Waals surface area contributed by atoms with Gasteiger partial charge in [-0.15, -0.1) is 10.2 Å². The van der Waals surface area contributed by atoms with Crippen molar-refractivity contribution in [2.24, 2.45) is 5.10 Å². The molecule has 3 aromatic rings. The van der Waals surface area contributed by atoms with Gasteiger partial charge >= 0.3 is 5.97 Å². The third-order valence-corrected chi connectivity index (χ3v) is 5.22. The molecule has 2 aromatic carbocycles. The van der Waals surface area contributed by atoms with Gasteiger partial charge in [0.05, 0.1) is 18.9 Å². The second-order valence-corrected chi connectivity index (χ2v) is 7.47. The van der Waals surface area contributed by atoms with Crippen LogP contribution >= 0.6 is 27.7 Å². The van der Waals surface area contributed by atoms with Crippen molar-refractivity contribution in [2.75, 3.05) is 7.11 Å².